The Morgan fingerprint density at radius 3 is 2.76 bits per heavy atom. The Labute approximate surface area is 203 Å². The number of methoxy groups -OCH3 is 2. The number of thioether (sulfide) groups is 1. The summed E-state index contributed by atoms with van der Waals surface area (Å²) in [6.45, 7) is 0.552. The number of para-hydroxylation sites is 1. The molecule has 2 aromatic carbocycles. The second-order valence-corrected chi connectivity index (χ2v) is 9.07. The van der Waals surface area contributed by atoms with E-state index in [4.69, 9.17) is 14.5 Å². The highest BCUT2D eigenvalue weighted by atomic mass is 32.2. The number of nitrogens with one attached hydrogen (secondary N) is 1. The topological polar surface area (TPSA) is 82.5 Å². The predicted molar refractivity (Wildman–Crippen MR) is 136 cm³/mol. The summed E-state index contributed by atoms with van der Waals surface area (Å²) in [7, 11) is 3.11. The molecule has 1 aliphatic rings. The van der Waals surface area contributed by atoms with Crippen LogP contribution in [-0.4, -0.2) is 35.4 Å². The number of carbonyl (C=O) groups excluding carboxylic acids is 1. The van der Waals surface area contributed by atoms with E-state index in [0.717, 1.165) is 19.3 Å². The summed E-state index contributed by atoms with van der Waals surface area (Å²) in [5.41, 5.74) is 2.49. The molecular weight excluding hydrogens is 450 g/mol. The van der Waals surface area contributed by atoms with Gasteiger partial charge in [-0.3, -0.25) is 14.2 Å². The van der Waals surface area contributed by atoms with Crippen LogP contribution in [0.1, 0.15) is 32.1 Å². The van der Waals surface area contributed by atoms with Gasteiger partial charge in [0.15, 0.2) is 5.16 Å². The van der Waals surface area contributed by atoms with Crippen molar-refractivity contribution < 1.29 is 14.3 Å². The third-order valence-corrected chi connectivity index (χ3v) is 6.86. The molecule has 1 heterocycles. The summed E-state index contributed by atoms with van der Waals surface area (Å²) in [5.74, 6) is 1.04. The van der Waals surface area contributed by atoms with E-state index in [1.165, 1.54) is 30.2 Å². The van der Waals surface area contributed by atoms with Crippen LogP contribution in [-0.2, 0) is 11.3 Å². The standard InChI is InChI=1S/C26H29N3O4S/c1-32-19-12-13-23(33-2)22(16-19)27-24(30)17-34-26-28-21-11-7-6-10-20(21)25(31)29(26)15-14-18-8-4-3-5-9-18/h6-8,10-13,16H,3-5,9,14-15,17H2,1-2H3,(H,27,30). The molecule has 34 heavy (non-hydrogen) atoms. The number of amides is 1. The number of allylic oxidation sites excluding steroid dienone is 2. The van der Waals surface area contributed by atoms with E-state index in [1.54, 1.807) is 43.1 Å². The number of anilines is 1. The van der Waals surface area contributed by atoms with Crippen molar-refractivity contribution in [3.8, 4) is 11.5 Å². The van der Waals surface area contributed by atoms with Gasteiger partial charge in [-0.05, 0) is 56.4 Å². The van der Waals surface area contributed by atoms with E-state index in [1.807, 2.05) is 18.2 Å². The van der Waals surface area contributed by atoms with Crippen LogP contribution in [0.25, 0.3) is 10.9 Å². The van der Waals surface area contributed by atoms with Crippen molar-refractivity contribution in [3.63, 3.8) is 0 Å². The smallest absolute Gasteiger partial charge is 0.262 e. The van der Waals surface area contributed by atoms with Crippen molar-refractivity contribution in [1.29, 1.82) is 0 Å². The van der Waals surface area contributed by atoms with Gasteiger partial charge in [0, 0.05) is 12.6 Å². The van der Waals surface area contributed by atoms with Crippen LogP contribution in [0.3, 0.4) is 0 Å². The number of benzene rings is 2. The molecule has 8 heteroatoms. The number of nitrogens with zero attached hydrogens (tertiary/aromatic N) is 2. The highest BCUT2D eigenvalue weighted by Gasteiger charge is 2.15. The molecule has 1 aromatic heterocycles. The Morgan fingerprint density at radius 1 is 1.15 bits per heavy atom. The van der Waals surface area contributed by atoms with Crippen molar-refractivity contribution >= 4 is 34.3 Å². The zero-order valence-electron chi connectivity index (χ0n) is 19.5. The average molecular weight is 480 g/mol. The molecule has 0 unspecified atom stereocenters. The van der Waals surface area contributed by atoms with Crippen LogP contribution in [0.5, 0.6) is 11.5 Å². The summed E-state index contributed by atoms with van der Waals surface area (Å²) in [5, 5.41) is 4.01. The summed E-state index contributed by atoms with van der Waals surface area (Å²) in [6.07, 6.45) is 7.74. The van der Waals surface area contributed by atoms with Crippen molar-refractivity contribution in [2.75, 3.05) is 25.3 Å². The van der Waals surface area contributed by atoms with E-state index >= 15 is 0 Å². The third-order valence-electron chi connectivity index (χ3n) is 5.88. The van der Waals surface area contributed by atoms with Crippen LogP contribution in [0, 0.1) is 0 Å². The first-order valence-corrected chi connectivity index (χ1v) is 12.4. The first-order valence-electron chi connectivity index (χ1n) is 11.4. The highest BCUT2D eigenvalue weighted by molar-refractivity contribution is 7.99. The van der Waals surface area contributed by atoms with Crippen LogP contribution in [0.2, 0.25) is 0 Å². The molecule has 0 fully saturated rings. The fourth-order valence-corrected chi connectivity index (χ4v) is 4.90. The molecule has 1 N–H and O–H groups in total. The lowest BCUT2D eigenvalue weighted by Crippen LogP contribution is -2.24. The van der Waals surface area contributed by atoms with Crippen LogP contribution < -0.4 is 20.3 Å². The zero-order chi connectivity index (χ0) is 23.9. The highest BCUT2D eigenvalue weighted by Crippen LogP contribution is 2.29. The Morgan fingerprint density at radius 2 is 2.00 bits per heavy atom. The van der Waals surface area contributed by atoms with Gasteiger partial charge in [-0.25, -0.2) is 4.98 Å². The van der Waals surface area contributed by atoms with E-state index in [0.29, 0.717) is 39.8 Å². The van der Waals surface area contributed by atoms with Crippen LogP contribution in [0.15, 0.2) is 64.1 Å². The monoisotopic (exact) mass is 479 g/mol. The van der Waals surface area contributed by atoms with Gasteiger partial charge in [-0.15, -0.1) is 0 Å². The number of rotatable bonds is 9. The second kappa shape index (κ2) is 11.2. The minimum atomic E-state index is -0.222. The third kappa shape index (κ3) is 5.62. The first kappa shape index (κ1) is 23.9. The Bertz CT molecular complexity index is 1270. The molecule has 178 valence electrons. The normalized spacial score (nSPS) is 13.4. The SMILES string of the molecule is COc1ccc(OC)c(NC(=O)CSc2nc3ccccc3c(=O)n2CCC2=CCCCC2)c1. The van der Waals surface area contributed by atoms with Gasteiger partial charge in [0.05, 0.1) is 36.6 Å². The van der Waals surface area contributed by atoms with Gasteiger partial charge in [0.2, 0.25) is 5.91 Å². The average Bonchev–Trinajstić information content (AvgIpc) is 2.87. The molecule has 1 aliphatic carbocycles. The van der Waals surface area contributed by atoms with Crippen molar-refractivity contribution in [2.24, 2.45) is 0 Å². The Balaban J connectivity index is 1.54. The number of carbonyl (C=O) groups is 1. The van der Waals surface area contributed by atoms with E-state index < -0.39 is 0 Å². The molecular formula is C26H29N3O4S. The molecule has 0 saturated carbocycles. The quantitative estimate of drug-likeness (QED) is 0.263. The molecule has 0 radical (unpaired) electrons. The lowest BCUT2D eigenvalue weighted by molar-refractivity contribution is -0.113. The molecule has 1 amide bonds. The number of fused-ring (bicyclic) bond motifs is 1. The number of hydrogen-bond donors (Lipinski definition) is 1. The van der Waals surface area contributed by atoms with Crippen LogP contribution in [0.4, 0.5) is 5.69 Å². The largest absolute Gasteiger partial charge is 0.497 e. The van der Waals surface area contributed by atoms with Crippen molar-refractivity contribution in [2.45, 2.75) is 43.8 Å². The summed E-state index contributed by atoms with van der Waals surface area (Å²) < 4.78 is 12.3. The van der Waals surface area contributed by atoms with Gasteiger partial charge in [-0.2, -0.15) is 0 Å². The van der Waals surface area contributed by atoms with Crippen LogP contribution >= 0.6 is 11.8 Å². The van der Waals surface area contributed by atoms with Gasteiger partial charge >= 0.3 is 0 Å². The van der Waals surface area contributed by atoms with Gasteiger partial charge in [-0.1, -0.05) is 35.5 Å². The van der Waals surface area contributed by atoms with E-state index in [9.17, 15) is 9.59 Å². The Kier molecular flexibility index (Phi) is 7.90. The maximum Gasteiger partial charge on any atom is 0.262 e. The van der Waals surface area contributed by atoms with Gasteiger partial charge in [0.1, 0.15) is 11.5 Å². The molecule has 0 aliphatic heterocycles. The van der Waals surface area contributed by atoms with Crippen molar-refractivity contribution in [3.05, 3.63) is 64.5 Å². The number of hydrogen-bond acceptors (Lipinski definition) is 6. The molecule has 7 nitrogen and oxygen atoms in total. The molecule has 0 saturated heterocycles. The van der Waals surface area contributed by atoms with E-state index in [2.05, 4.69) is 11.4 Å². The summed E-state index contributed by atoms with van der Waals surface area (Å²) in [6, 6.07) is 12.6. The lowest BCUT2D eigenvalue weighted by Gasteiger charge is -2.16. The fraction of sp³-hybridized carbons (Fsp3) is 0.346. The van der Waals surface area contributed by atoms with E-state index in [-0.39, 0.29) is 17.2 Å². The fourth-order valence-electron chi connectivity index (χ4n) is 4.07. The van der Waals surface area contributed by atoms with Crippen molar-refractivity contribution in [1.82, 2.24) is 9.55 Å². The number of aromatic nitrogens is 2. The molecule has 4 rings (SSSR count). The summed E-state index contributed by atoms with van der Waals surface area (Å²) in [4.78, 5) is 30.8. The predicted octanol–water partition coefficient (Wildman–Crippen LogP) is 5.04. The minimum Gasteiger partial charge on any atom is -0.497 e. The maximum atomic E-state index is 13.3. The molecule has 0 bridgehead atoms. The Hall–Kier alpha value is -3.26. The van der Waals surface area contributed by atoms with Gasteiger partial charge < -0.3 is 14.8 Å². The molecule has 0 spiro atoms. The lowest BCUT2D eigenvalue weighted by atomic mass is 9.97. The maximum absolute atomic E-state index is 13.3. The zero-order valence-corrected chi connectivity index (χ0v) is 20.3. The van der Waals surface area contributed by atoms with Gasteiger partial charge in [0.25, 0.3) is 5.56 Å². The molecule has 0 atom stereocenters. The molecule has 3 aromatic rings. The second-order valence-electron chi connectivity index (χ2n) is 8.13. The summed E-state index contributed by atoms with van der Waals surface area (Å²) >= 11 is 1.26. The first-order chi connectivity index (χ1) is 16.6. The minimum absolute atomic E-state index is 0.0700. The number of ether oxygens (including phenoxy) is 2.